The number of rotatable bonds is 10. The lowest BCUT2D eigenvalue weighted by molar-refractivity contribution is 0.136. The van der Waals surface area contributed by atoms with Gasteiger partial charge in [0.25, 0.3) is 0 Å². The van der Waals surface area contributed by atoms with E-state index in [-0.39, 0.29) is 18.1 Å². The topological polar surface area (TPSA) is 85.6 Å². The summed E-state index contributed by atoms with van der Waals surface area (Å²) in [7, 11) is 0. The molecule has 7 heteroatoms. The van der Waals surface area contributed by atoms with Gasteiger partial charge in [0.2, 0.25) is 0 Å². The molecule has 0 aromatic heterocycles. The van der Waals surface area contributed by atoms with E-state index in [1.165, 1.54) is 5.56 Å². The molecule has 0 fully saturated rings. The van der Waals surface area contributed by atoms with Crippen LogP contribution >= 0.6 is 11.8 Å². The lowest BCUT2D eigenvalue weighted by atomic mass is 10.2. The molecule has 1 unspecified atom stereocenters. The van der Waals surface area contributed by atoms with Crippen LogP contribution in [0.2, 0.25) is 0 Å². The number of nitrogens with one attached hydrogen (secondary N) is 2. The summed E-state index contributed by atoms with van der Waals surface area (Å²) in [5, 5.41) is 6.32. The van der Waals surface area contributed by atoms with E-state index in [2.05, 4.69) is 29.7 Å². The predicted octanol–water partition coefficient (Wildman–Crippen LogP) is 4.30. The van der Waals surface area contributed by atoms with Gasteiger partial charge in [0, 0.05) is 30.6 Å². The fourth-order valence-corrected chi connectivity index (χ4v) is 3.99. The first-order valence-electron chi connectivity index (χ1n) is 10.2. The van der Waals surface area contributed by atoms with Crippen LogP contribution in [0.25, 0.3) is 0 Å². The Balaban J connectivity index is 1.38. The van der Waals surface area contributed by atoms with Crippen LogP contribution in [0.15, 0.2) is 65.7 Å². The average molecular weight is 428 g/mol. The first-order valence-corrected chi connectivity index (χ1v) is 11.1. The van der Waals surface area contributed by atoms with E-state index in [1.807, 2.05) is 48.7 Å². The number of alkyl carbamates (subject to hydrolysis) is 1. The van der Waals surface area contributed by atoms with Gasteiger partial charge in [-0.25, -0.2) is 4.79 Å². The van der Waals surface area contributed by atoms with Gasteiger partial charge in [-0.3, -0.25) is 0 Å². The summed E-state index contributed by atoms with van der Waals surface area (Å²) >= 11 is 1.74. The molecule has 2 aromatic rings. The van der Waals surface area contributed by atoms with Crippen molar-refractivity contribution in [2.45, 2.75) is 37.9 Å². The van der Waals surface area contributed by atoms with Crippen molar-refractivity contribution >= 4 is 17.9 Å². The molecular formula is C23H29N3O3S. The fourth-order valence-electron chi connectivity index (χ4n) is 3.03. The number of thioether (sulfide) groups is 1. The minimum atomic E-state index is -0.412. The Morgan fingerprint density at radius 3 is 2.63 bits per heavy atom. The summed E-state index contributed by atoms with van der Waals surface area (Å²) in [6.07, 6.45) is 3.15. The molecule has 0 saturated heterocycles. The van der Waals surface area contributed by atoms with E-state index in [0.717, 1.165) is 22.6 Å². The van der Waals surface area contributed by atoms with E-state index >= 15 is 0 Å². The summed E-state index contributed by atoms with van der Waals surface area (Å²) in [6, 6.07) is 17.7. The highest BCUT2D eigenvalue weighted by atomic mass is 32.2. The van der Waals surface area contributed by atoms with Gasteiger partial charge in [-0.05, 0) is 29.7 Å². The molecule has 2 atom stereocenters. The number of amides is 1. The number of ether oxygens (including phenoxy) is 2. The molecule has 0 saturated carbocycles. The van der Waals surface area contributed by atoms with Crippen LogP contribution < -0.4 is 21.1 Å². The minimum absolute atomic E-state index is 0.0229. The molecule has 0 bridgehead atoms. The molecule has 0 spiro atoms. The highest BCUT2D eigenvalue weighted by Gasteiger charge is 2.18. The summed E-state index contributed by atoms with van der Waals surface area (Å²) in [5.74, 6) is 0.826. The third-order valence-corrected chi connectivity index (χ3v) is 5.99. The highest BCUT2D eigenvalue weighted by Crippen LogP contribution is 2.36. The van der Waals surface area contributed by atoms with Crippen molar-refractivity contribution in [1.29, 1.82) is 0 Å². The van der Waals surface area contributed by atoms with E-state index in [0.29, 0.717) is 19.5 Å². The zero-order valence-electron chi connectivity index (χ0n) is 17.2. The lowest BCUT2D eigenvalue weighted by Gasteiger charge is -2.19. The average Bonchev–Trinajstić information content (AvgIpc) is 3.27. The second-order valence-corrected chi connectivity index (χ2v) is 8.21. The van der Waals surface area contributed by atoms with Crippen molar-refractivity contribution in [3.05, 3.63) is 76.8 Å². The van der Waals surface area contributed by atoms with Crippen LogP contribution in [0.3, 0.4) is 0 Å². The maximum Gasteiger partial charge on any atom is 0.407 e. The Hall–Kier alpha value is -2.64. The molecular weight excluding hydrogens is 398 g/mol. The predicted molar refractivity (Wildman–Crippen MR) is 121 cm³/mol. The largest absolute Gasteiger partial charge is 0.490 e. The molecule has 1 aliphatic heterocycles. The van der Waals surface area contributed by atoms with Gasteiger partial charge < -0.3 is 25.8 Å². The van der Waals surface area contributed by atoms with Crippen LogP contribution in [0, 0.1) is 0 Å². The number of hydrogen-bond donors (Lipinski definition) is 3. The monoisotopic (exact) mass is 427 g/mol. The van der Waals surface area contributed by atoms with Crippen LogP contribution in [0.4, 0.5) is 4.79 Å². The summed E-state index contributed by atoms with van der Waals surface area (Å²) in [6.45, 7) is 3.40. The SMILES string of the molecule is CC[C@@H](CCNC(=O)OCc1ccccc1)Oc1ccc(C2NC=C(CN)S2)cc1. The van der Waals surface area contributed by atoms with Crippen LogP contribution in [-0.4, -0.2) is 25.3 Å². The van der Waals surface area contributed by atoms with Crippen molar-refractivity contribution in [1.82, 2.24) is 10.6 Å². The van der Waals surface area contributed by atoms with Crippen LogP contribution in [-0.2, 0) is 11.3 Å². The molecule has 3 rings (SSSR count). The first kappa shape index (κ1) is 22.1. The van der Waals surface area contributed by atoms with E-state index in [9.17, 15) is 4.79 Å². The van der Waals surface area contributed by atoms with E-state index < -0.39 is 6.09 Å². The van der Waals surface area contributed by atoms with Crippen molar-refractivity contribution in [2.24, 2.45) is 5.73 Å². The molecule has 0 aliphatic carbocycles. The normalized spacial score (nSPS) is 16.3. The Morgan fingerprint density at radius 1 is 1.20 bits per heavy atom. The van der Waals surface area contributed by atoms with Gasteiger partial charge >= 0.3 is 6.09 Å². The summed E-state index contributed by atoms with van der Waals surface area (Å²) in [5.41, 5.74) is 7.84. The molecule has 1 amide bonds. The van der Waals surface area contributed by atoms with Gasteiger partial charge in [0.15, 0.2) is 0 Å². The van der Waals surface area contributed by atoms with Gasteiger partial charge in [0.1, 0.15) is 23.8 Å². The van der Waals surface area contributed by atoms with E-state index in [4.69, 9.17) is 15.2 Å². The quantitative estimate of drug-likeness (QED) is 0.524. The molecule has 1 aliphatic rings. The Bertz CT molecular complexity index is 827. The third-order valence-electron chi connectivity index (χ3n) is 4.76. The third kappa shape index (κ3) is 6.71. The summed E-state index contributed by atoms with van der Waals surface area (Å²) < 4.78 is 11.3. The molecule has 2 aromatic carbocycles. The zero-order valence-corrected chi connectivity index (χ0v) is 18.0. The molecule has 160 valence electrons. The zero-order chi connectivity index (χ0) is 21.2. The van der Waals surface area contributed by atoms with Crippen molar-refractivity contribution in [3.63, 3.8) is 0 Å². The smallest absolute Gasteiger partial charge is 0.407 e. The van der Waals surface area contributed by atoms with E-state index in [1.54, 1.807) is 11.8 Å². The number of carbonyl (C=O) groups is 1. The molecule has 30 heavy (non-hydrogen) atoms. The number of hydrogen-bond acceptors (Lipinski definition) is 6. The molecule has 0 radical (unpaired) electrons. The Labute approximate surface area is 182 Å². The van der Waals surface area contributed by atoms with Gasteiger partial charge in [-0.2, -0.15) is 0 Å². The number of carbonyl (C=O) groups excluding carboxylic acids is 1. The van der Waals surface area contributed by atoms with Crippen LogP contribution in [0.5, 0.6) is 5.75 Å². The molecule has 4 N–H and O–H groups in total. The second-order valence-electron chi connectivity index (χ2n) is 6.97. The Kier molecular flexibility index (Phi) is 8.47. The minimum Gasteiger partial charge on any atom is -0.490 e. The van der Waals surface area contributed by atoms with Crippen molar-refractivity contribution in [2.75, 3.05) is 13.1 Å². The standard InChI is InChI=1S/C23H29N3O3S/c1-2-19(12-13-25-23(27)28-16-17-6-4-3-5-7-17)29-20-10-8-18(9-11-20)22-26-15-21(14-24)30-22/h3-11,15,19,22,26H,2,12-14,16,24H2,1H3,(H,25,27)/t19-,22?/m0/s1. The Morgan fingerprint density at radius 2 is 1.97 bits per heavy atom. The second kappa shape index (κ2) is 11.5. The molecule has 1 heterocycles. The van der Waals surface area contributed by atoms with Gasteiger partial charge in [-0.15, -0.1) is 0 Å². The maximum absolute atomic E-state index is 11.9. The van der Waals surface area contributed by atoms with Gasteiger partial charge in [-0.1, -0.05) is 61.2 Å². The molecule has 6 nitrogen and oxygen atoms in total. The van der Waals surface area contributed by atoms with Crippen molar-refractivity contribution in [3.8, 4) is 5.75 Å². The maximum atomic E-state index is 11.9. The lowest BCUT2D eigenvalue weighted by Crippen LogP contribution is -2.29. The van der Waals surface area contributed by atoms with Gasteiger partial charge in [0.05, 0.1) is 0 Å². The summed E-state index contributed by atoms with van der Waals surface area (Å²) in [4.78, 5) is 13.0. The first-order chi connectivity index (χ1) is 14.7. The highest BCUT2D eigenvalue weighted by molar-refractivity contribution is 8.03. The number of benzene rings is 2. The van der Waals surface area contributed by atoms with Crippen molar-refractivity contribution < 1.29 is 14.3 Å². The number of nitrogens with two attached hydrogens (primary N) is 1. The fraction of sp³-hybridized carbons (Fsp3) is 0.348. The van der Waals surface area contributed by atoms with Crippen LogP contribution in [0.1, 0.15) is 36.3 Å².